The van der Waals surface area contributed by atoms with Gasteiger partial charge in [0.25, 0.3) is 0 Å². The van der Waals surface area contributed by atoms with Gasteiger partial charge in [0.15, 0.2) is 0 Å². The average Bonchev–Trinajstić information content (AvgIpc) is 3.63. The first-order valence-corrected chi connectivity index (χ1v) is 15.0. The summed E-state index contributed by atoms with van der Waals surface area (Å²) in [5.74, 6) is -3.31. The smallest absolute Gasteiger partial charge is 0.326 e. The molecule has 0 saturated carbocycles. The lowest BCUT2D eigenvalue weighted by Gasteiger charge is -2.25. The van der Waals surface area contributed by atoms with Gasteiger partial charge < -0.3 is 47.6 Å². The number of nitrogens with one attached hydrogen (secondary N) is 5. The number of carbonyl (C=O) groups is 4. The van der Waals surface area contributed by atoms with E-state index in [9.17, 15) is 29.4 Å². The minimum absolute atomic E-state index is 0.00778. The molecule has 2 aromatic carbocycles. The molecule has 45 heavy (non-hydrogen) atoms. The number of carboxylic acid groups (broad SMARTS) is 1. The number of aliphatic hydroxyl groups excluding tert-OH is 1. The predicted octanol–water partition coefficient (Wildman–Crippen LogP) is 0.811. The Labute approximate surface area is 260 Å². The molecule has 3 amide bonds. The summed E-state index contributed by atoms with van der Waals surface area (Å²) in [5.41, 5.74) is 14.5. The quantitative estimate of drug-likeness (QED) is 0.0813. The zero-order valence-electron chi connectivity index (χ0n) is 25.1. The molecule has 4 rings (SSSR count). The number of hydrogen-bond acceptors (Lipinski definition) is 7. The van der Waals surface area contributed by atoms with Gasteiger partial charge in [0.05, 0.1) is 6.10 Å². The summed E-state index contributed by atoms with van der Waals surface area (Å²) < 4.78 is 0. The van der Waals surface area contributed by atoms with Crippen LogP contribution in [-0.4, -0.2) is 80.7 Å². The number of aromatic amines is 2. The van der Waals surface area contributed by atoms with E-state index in [0.29, 0.717) is 24.9 Å². The van der Waals surface area contributed by atoms with Gasteiger partial charge in [0.2, 0.25) is 17.7 Å². The van der Waals surface area contributed by atoms with E-state index in [-0.39, 0.29) is 19.3 Å². The molecule has 13 heteroatoms. The SMILES string of the molecule is CC(O)C(N)C(=O)NC(CCCCN)C(=O)NC(Cc1c[nH]c2ccccc12)C(=O)NC(Cc1c[nH]c2ccccc12)C(=O)O. The van der Waals surface area contributed by atoms with Crippen molar-refractivity contribution in [2.45, 2.75) is 69.3 Å². The zero-order chi connectivity index (χ0) is 32.5. The van der Waals surface area contributed by atoms with Crippen LogP contribution < -0.4 is 27.4 Å². The van der Waals surface area contributed by atoms with E-state index in [1.54, 1.807) is 12.4 Å². The van der Waals surface area contributed by atoms with Gasteiger partial charge >= 0.3 is 5.97 Å². The fourth-order valence-corrected chi connectivity index (χ4v) is 5.24. The van der Waals surface area contributed by atoms with Crippen molar-refractivity contribution >= 4 is 45.5 Å². The number of carbonyl (C=O) groups excluding carboxylic acids is 3. The summed E-state index contributed by atoms with van der Waals surface area (Å²) in [6.45, 7) is 1.75. The molecule has 4 aromatic rings. The van der Waals surface area contributed by atoms with Crippen molar-refractivity contribution in [1.29, 1.82) is 0 Å². The third kappa shape index (κ3) is 8.47. The van der Waals surface area contributed by atoms with Crippen LogP contribution in [0, 0.1) is 0 Å². The maximum Gasteiger partial charge on any atom is 0.326 e. The second kappa shape index (κ2) is 15.3. The van der Waals surface area contributed by atoms with Crippen LogP contribution in [0.3, 0.4) is 0 Å². The maximum atomic E-state index is 13.8. The molecule has 0 bridgehead atoms. The Morgan fingerprint density at radius 2 is 1.24 bits per heavy atom. The summed E-state index contributed by atoms with van der Waals surface area (Å²) in [4.78, 5) is 58.7. The lowest BCUT2D eigenvalue weighted by Crippen LogP contribution is -2.58. The minimum Gasteiger partial charge on any atom is -0.480 e. The summed E-state index contributed by atoms with van der Waals surface area (Å²) in [6, 6.07) is 10.1. The monoisotopic (exact) mass is 619 g/mol. The Morgan fingerprint density at radius 1 is 0.756 bits per heavy atom. The van der Waals surface area contributed by atoms with Gasteiger partial charge in [0.1, 0.15) is 24.2 Å². The highest BCUT2D eigenvalue weighted by Gasteiger charge is 2.32. The van der Waals surface area contributed by atoms with E-state index in [4.69, 9.17) is 11.5 Å². The number of benzene rings is 2. The third-order valence-corrected chi connectivity index (χ3v) is 7.85. The Bertz CT molecular complexity index is 1630. The van der Waals surface area contributed by atoms with Crippen LogP contribution in [0.5, 0.6) is 0 Å². The number of carboxylic acids is 1. The molecule has 0 saturated heterocycles. The number of rotatable bonds is 16. The van der Waals surface area contributed by atoms with Gasteiger partial charge in [-0.25, -0.2) is 4.79 Å². The van der Waals surface area contributed by atoms with E-state index < -0.39 is 54.0 Å². The highest BCUT2D eigenvalue weighted by Crippen LogP contribution is 2.21. The highest BCUT2D eigenvalue weighted by molar-refractivity contribution is 5.95. The number of hydrogen-bond donors (Lipinski definition) is 9. The zero-order valence-corrected chi connectivity index (χ0v) is 25.1. The Kier molecular flexibility index (Phi) is 11.3. The van der Waals surface area contributed by atoms with Crippen LogP contribution in [-0.2, 0) is 32.0 Å². The standard InChI is InChI=1S/C32H41N7O6/c1-18(40)28(34)31(43)37-25(12-6-7-13-33)29(41)38-26(14-19-16-35-23-10-4-2-8-21(19)23)30(42)39-27(32(44)45)15-20-17-36-24-11-5-3-9-22(20)24/h2-5,8-11,16-18,25-28,35-36,40H,6-7,12-15,33-34H2,1H3,(H,37,43)(H,38,41)(H,39,42)(H,44,45). The average molecular weight is 620 g/mol. The van der Waals surface area contributed by atoms with E-state index in [2.05, 4.69) is 25.9 Å². The number of aliphatic hydroxyl groups is 1. The van der Waals surface area contributed by atoms with Gasteiger partial charge in [-0.2, -0.15) is 0 Å². The number of unbranched alkanes of at least 4 members (excludes halogenated alkanes) is 1. The van der Waals surface area contributed by atoms with E-state index in [1.807, 2.05) is 48.5 Å². The number of nitrogens with two attached hydrogens (primary N) is 2. The van der Waals surface area contributed by atoms with Gasteiger partial charge in [-0.05, 0) is 56.0 Å². The molecule has 2 heterocycles. The van der Waals surface area contributed by atoms with Gasteiger partial charge in [-0.15, -0.1) is 0 Å². The van der Waals surface area contributed by atoms with Crippen LogP contribution in [0.2, 0.25) is 0 Å². The number of para-hydroxylation sites is 2. The molecule has 0 aliphatic heterocycles. The molecule has 5 unspecified atom stereocenters. The molecule has 0 radical (unpaired) electrons. The maximum absolute atomic E-state index is 13.8. The number of H-pyrrole nitrogens is 2. The fraction of sp³-hybridized carbons (Fsp3) is 0.375. The van der Waals surface area contributed by atoms with Gasteiger partial charge in [-0.1, -0.05) is 36.4 Å². The molecule has 2 aromatic heterocycles. The Hall–Kier alpha value is -4.72. The summed E-state index contributed by atoms with van der Waals surface area (Å²) in [6.07, 6.45) is 3.65. The third-order valence-electron chi connectivity index (χ3n) is 7.85. The largest absolute Gasteiger partial charge is 0.480 e. The molecule has 0 aliphatic carbocycles. The number of aliphatic carboxylic acids is 1. The number of fused-ring (bicyclic) bond motifs is 2. The van der Waals surface area contributed by atoms with Crippen LogP contribution in [0.1, 0.15) is 37.3 Å². The summed E-state index contributed by atoms with van der Waals surface area (Å²) in [5, 5.41) is 29.4. The number of aromatic nitrogens is 2. The van der Waals surface area contributed by atoms with Crippen molar-refractivity contribution in [1.82, 2.24) is 25.9 Å². The Morgan fingerprint density at radius 3 is 1.78 bits per heavy atom. The minimum atomic E-state index is -1.29. The molecule has 0 spiro atoms. The first kappa shape index (κ1) is 33.2. The van der Waals surface area contributed by atoms with Crippen LogP contribution in [0.4, 0.5) is 0 Å². The topological polar surface area (TPSA) is 228 Å². The summed E-state index contributed by atoms with van der Waals surface area (Å²) in [7, 11) is 0. The van der Waals surface area contributed by atoms with Crippen LogP contribution in [0.25, 0.3) is 21.8 Å². The first-order chi connectivity index (χ1) is 21.6. The molecular weight excluding hydrogens is 578 g/mol. The van der Waals surface area contributed by atoms with Crippen molar-refractivity contribution < 1.29 is 29.4 Å². The molecule has 0 fully saturated rings. The van der Waals surface area contributed by atoms with Crippen molar-refractivity contribution in [3.8, 4) is 0 Å². The van der Waals surface area contributed by atoms with E-state index >= 15 is 0 Å². The van der Waals surface area contributed by atoms with Crippen molar-refractivity contribution in [2.24, 2.45) is 11.5 Å². The molecule has 240 valence electrons. The lowest BCUT2D eigenvalue weighted by atomic mass is 10.0. The number of amides is 3. The molecule has 5 atom stereocenters. The van der Waals surface area contributed by atoms with Crippen molar-refractivity contribution in [2.75, 3.05) is 6.54 Å². The van der Waals surface area contributed by atoms with Crippen molar-refractivity contribution in [3.63, 3.8) is 0 Å². The predicted molar refractivity (Wildman–Crippen MR) is 170 cm³/mol. The fourth-order valence-electron chi connectivity index (χ4n) is 5.24. The lowest BCUT2D eigenvalue weighted by molar-refractivity contribution is -0.142. The van der Waals surface area contributed by atoms with Crippen molar-refractivity contribution in [3.05, 3.63) is 72.1 Å². The normalized spacial score (nSPS) is 14.8. The first-order valence-electron chi connectivity index (χ1n) is 15.0. The molecular formula is C32H41N7O6. The van der Waals surface area contributed by atoms with Crippen LogP contribution >= 0.6 is 0 Å². The molecule has 11 N–H and O–H groups in total. The highest BCUT2D eigenvalue weighted by atomic mass is 16.4. The van der Waals surface area contributed by atoms with E-state index in [1.165, 1.54) is 6.92 Å². The molecule has 0 aliphatic rings. The van der Waals surface area contributed by atoms with E-state index in [0.717, 1.165) is 27.4 Å². The van der Waals surface area contributed by atoms with Gasteiger partial charge in [-0.3, -0.25) is 14.4 Å². The molecule has 13 nitrogen and oxygen atoms in total. The second-order valence-corrected chi connectivity index (χ2v) is 11.2. The van der Waals surface area contributed by atoms with Gasteiger partial charge in [0, 0.05) is 47.0 Å². The summed E-state index contributed by atoms with van der Waals surface area (Å²) >= 11 is 0. The van der Waals surface area contributed by atoms with Crippen LogP contribution in [0.15, 0.2) is 60.9 Å². The second-order valence-electron chi connectivity index (χ2n) is 11.2. The Balaban J connectivity index is 1.59.